The summed E-state index contributed by atoms with van der Waals surface area (Å²) in [5.74, 6) is -0.491. The van der Waals surface area contributed by atoms with Gasteiger partial charge in [0.05, 0.1) is 24.9 Å². The summed E-state index contributed by atoms with van der Waals surface area (Å²) < 4.78 is 53.8. The van der Waals surface area contributed by atoms with Crippen molar-refractivity contribution in [1.29, 1.82) is 0 Å². The molecule has 0 radical (unpaired) electrons. The van der Waals surface area contributed by atoms with Gasteiger partial charge >= 0.3 is 13.7 Å². The Morgan fingerprint density at radius 2 is 1.98 bits per heavy atom. The number of nitrogens with two attached hydrogens (primary N) is 1. The molecule has 0 saturated carbocycles. The number of aliphatic hydroxyl groups is 1. The Kier molecular flexibility index (Phi) is 9.64. The highest BCUT2D eigenvalue weighted by atomic mass is 35.5. The first-order valence-electron chi connectivity index (χ1n) is 14.2. The minimum absolute atomic E-state index is 0.0303. The number of imidazole rings is 1. The van der Waals surface area contributed by atoms with Crippen molar-refractivity contribution in [3.05, 3.63) is 36.7 Å². The van der Waals surface area contributed by atoms with Gasteiger partial charge in [-0.05, 0) is 45.7 Å². The number of nitrogens with zero attached hydrogens (tertiary/aromatic N) is 5. The van der Waals surface area contributed by atoms with Gasteiger partial charge in [0.2, 0.25) is 5.95 Å². The average molecular weight is 656 g/mol. The molecule has 2 fully saturated rings. The summed E-state index contributed by atoms with van der Waals surface area (Å²) in [4.78, 5) is 27.6. The molecule has 4 heterocycles. The quantitative estimate of drug-likeness (QED) is 0.147. The molecule has 14 nitrogen and oxygen atoms in total. The Hall–Kier alpha value is -3.07. The molecule has 0 bridgehead atoms. The van der Waals surface area contributed by atoms with Crippen molar-refractivity contribution in [3.8, 4) is 5.75 Å². The van der Waals surface area contributed by atoms with Crippen LogP contribution in [-0.2, 0) is 23.4 Å². The zero-order valence-electron chi connectivity index (χ0n) is 24.5. The molecule has 0 aliphatic carbocycles. The molecule has 2 aromatic heterocycles. The normalized spacial score (nSPS) is 25.8. The number of nitrogen functional groups attached to an aromatic ring is 1. The van der Waals surface area contributed by atoms with E-state index in [0.29, 0.717) is 11.3 Å². The third kappa shape index (κ3) is 6.63. The first-order chi connectivity index (χ1) is 20.9. The minimum Gasteiger partial charge on any atom is -0.462 e. The van der Waals surface area contributed by atoms with E-state index in [1.54, 1.807) is 32.0 Å². The molecule has 44 heavy (non-hydrogen) atoms. The number of rotatable bonds is 12. The fourth-order valence-electron chi connectivity index (χ4n) is 5.08. The Morgan fingerprint density at radius 3 is 2.64 bits per heavy atom. The molecule has 0 unspecified atom stereocenters. The highest BCUT2D eigenvalue weighted by molar-refractivity contribution is 7.52. The summed E-state index contributed by atoms with van der Waals surface area (Å²) in [6.45, 7) is 5.62. The highest BCUT2D eigenvalue weighted by Gasteiger charge is 2.57. The number of aliphatic hydroxyl groups excluding tert-OH is 1. The van der Waals surface area contributed by atoms with Crippen LogP contribution in [0, 0.1) is 0 Å². The van der Waals surface area contributed by atoms with Gasteiger partial charge in [0.25, 0.3) is 0 Å². The minimum atomic E-state index is -4.38. The average Bonchev–Trinajstić information content (AvgIpc) is 3.72. The molecule has 2 saturated heterocycles. The van der Waals surface area contributed by atoms with Crippen LogP contribution in [0.4, 0.5) is 16.2 Å². The molecule has 0 spiro atoms. The number of esters is 1. The monoisotopic (exact) mass is 655 g/mol. The Labute approximate surface area is 258 Å². The fraction of sp³-hybridized carbons (Fsp3) is 0.556. The maximum Gasteiger partial charge on any atom is 0.459 e. The van der Waals surface area contributed by atoms with E-state index >= 15 is 4.39 Å². The second-order valence-corrected chi connectivity index (χ2v) is 13.0. The summed E-state index contributed by atoms with van der Waals surface area (Å²) in [5, 5.41) is 13.7. The molecular formula is C27H36ClFN7O7P. The lowest BCUT2D eigenvalue weighted by Gasteiger charge is -2.31. The third-order valence-corrected chi connectivity index (χ3v) is 9.38. The Balaban J connectivity index is 1.41. The number of carbonyl (C=O) groups excluding carboxylic acids is 1. The van der Waals surface area contributed by atoms with Crippen molar-refractivity contribution in [2.24, 2.45) is 0 Å². The zero-order valence-corrected chi connectivity index (χ0v) is 26.2. The largest absolute Gasteiger partial charge is 0.462 e. The van der Waals surface area contributed by atoms with E-state index in [4.69, 9.17) is 35.9 Å². The van der Waals surface area contributed by atoms with Crippen molar-refractivity contribution in [3.63, 3.8) is 0 Å². The first-order valence-corrected chi connectivity index (χ1v) is 16.3. The van der Waals surface area contributed by atoms with E-state index in [2.05, 4.69) is 20.0 Å². The van der Waals surface area contributed by atoms with Gasteiger partial charge in [-0.3, -0.25) is 13.9 Å². The number of carbonyl (C=O) groups is 1. The summed E-state index contributed by atoms with van der Waals surface area (Å²) in [5.41, 5.74) is 4.73. The predicted molar refractivity (Wildman–Crippen MR) is 160 cm³/mol. The summed E-state index contributed by atoms with van der Waals surface area (Å²) in [6.07, 6.45) is -2.41. The van der Waals surface area contributed by atoms with E-state index in [9.17, 15) is 14.5 Å². The molecule has 3 aromatic rings. The van der Waals surface area contributed by atoms with Crippen molar-refractivity contribution in [2.75, 3.05) is 36.2 Å². The van der Waals surface area contributed by atoms with Gasteiger partial charge in [0.15, 0.2) is 29.4 Å². The maximum atomic E-state index is 15.9. The third-order valence-electron chi connectivity index (χ3n) is 7.30. The van der Waals surface area contributed by atoms with E-state index in [0.717, 1.165) is 25.9 Å². The summed E-state index contributed by atoms with van der Waals surface area (Å²) in [7, 11) is -4.38. The van der Waals surface area contributed by atoms with E-state index in [-0.39, 0.29) is 17.3 Å². The van der Waals surface area contributed by atoms with Gasteiger partial charge in [-0.2, -0.15) is 15.1 Å². The van der Waals surface area contributed by atoms with Gasteiger partial charge in [-0.15, -0.1) is 11.6 Å². The highest BCUT2D eigenvalue weighted by Crippen LogP contribution is 2.49. The van der Waals surface area contributed by atoms with Gasteiger partial charge in [-0.1, -0.05) is 18.2 Å². The SMILES string of the molecule is CC(C)OC(=O)[C@H](C)N[P@@](=O)(OC[C@@]1(CCl)O[C@@H](n2cnc3c(N4CCCC4)nc(N)nc32)[C@H](F)[C@@H]1O)Oc1ccccc1. The van der Waals surface area contributed by atoms with E-state index in [1.807, 2.05) is 4.90 Å². The van der Waals surface area contributed by atoms with E-state index in [1.165, 1.54) is 30.0 Å². The fourth-order valence-corrected chi connectivity index (χ4v) is 6.93. The van der Waals surface area contributed by atoms with Crippen LogP contribution in [0.5, 0.6) is 5.75 Å². The number of alkyl halides is 2. The number of hydrogen-bond donors (Lipinski definition) is 3. The number of para-hydroxylation sites is 1. The van der Waals surface area contributed by atoms with Crippen LogP contribution in [0.25, 0.3) is 11.2 Å². The number of benzene rings is 1. The van der Waals surface area contributed by atoms with Gasteiger partial charge < -0.3 is 29.7 Å². The smallest absolute Gasteiger partial charge is 0.459 e. The van der Waals surface area contributed by atoms with Gasteiger partial charge in [-0.25, -0.2) is 13.9 Å². The number of aromatic nitrogens is 4. The number of anilines is 2. The molecule has 0 amide bonds. The van der Waals surface area contributed by atoms with Crippen molar-refractivity contribution in [2.45, 2.75) is 69.9 Å². The van der Waals surface area contributed by atoms with Crippen LogP contribution >= 0.6 is 19.3 Å². The summed E-state index contributed by atoms with van der Waals surface area (Å²) >= 11 is 6.27. The van der Waals surface area contributed by atoms with Gasteiger partial charge in [0, 0.05) is 13.1 Å². The van der Waals surface area contributed by atoms with Crippen LogP contribution in [-0.4, -0.2) is 86.2 Å². The topological polar surface area (TPSA) is 176 Å². The predicted octanol–water partition coefficient (Wildman–Crippen LogP) is 3.35. The lowest BCUT2D eigenvalue weighted by Crippen LogP contribution is -2.48. The van der Waals surface area contributed by atoms with Crippen LogP contribution in [0.1, 0.15) is 39.8 Å². The Bertz CT molecular complexity index is 1510. The molecule has 2 aliphatic rings. The second kappa shape index (κ2) is 13.1. The van der Waals surface area contributed by atoms with Crippen LogP contribution in [0.2, 0.25) is 0 Å². The molecule has 6 atom stereocenters. The molecular weight excluding hydrogens is 620 g/mol. The number of hydrogen-bond acceptors (Lipinski definition) is 12. The van der Waals surface area contributed by atoms with Crippen molar-refractivity contribution >= 4 is 48.2 Å². The van der Waals surface area contributed by atoms with Gasteiger partial charge in [0.1, 0.15) is 23.5 Å². The molecule has 5 rings (SSSR count). The van der Waals surface area contributed by atoms with Crippen LogP contribution in [0.3, 0.4) is 0 Å². The Morgan fingerprint density at radius 1 is 1.27 bits per heavy atom. The first kappa shape index (κ1) is 32.3. The second-order valence-electron chi connectivity index (χ2n) is 11.0. The zero-order chi connectivity index (χ0) is 31.6. The number of ether oxygens (including phenoxy) is 2. The van der Waals surface area contributed by atoms with Crippen molar-refractivity contribution < 1.29 is 37.4 Å². The van der Waals surface area contributed by atoms with Crippen molar-refractivity contribution in [1.82, 2.24) is 24.6 Å². The molecule has 4 N–H and O–H groups in total. The molecule has 2 aliphatic heterocycles. The number of halogens is 2. The lowest BCUT2D eigenvalue weighted by atomic mass is 9.99. The van der Waals surface area contributed by atoms with E-state index < -0.39 is 62.5 Å². The summed E-state index contributed by atoms with van der Waals surface area (Å²) in [6, 6.07) is 6.98. The number of fused-ring (bicyclic) bond motifs is 1. The lowest BCUT2D eigenvalue weighted by molar-refractivity contribution is -0.149. The molecule has 17 heteroatoms. The van der Waals surface area contributed by atoms with Crippen LogP contribution in [0.15, 0.2) is 36.7 Å². The number of nitrogens with one attached hydrogen (secondary N) is 1. The van der Waals surface area contributed by atoms with Crippen LogP contribution < -0.4 is 20.2 Å². The molecule has 1 aromatic carbocycles. The molecule has 240 valence electrons. The standard InChI is InChI=1S/C27H36ClFN7O7P/c1-16(2)41-25(38)17(3)34-44(39,43-18-9-5-4-6-10-18)40-14-27(13-28)21(37)19(29)24(42-27)36-15-31-20-22(35-11-7-8-12-35)32-26(30)33-23(20)36/h4-6,9-10,15-17,19,21,24,37H,7-8,11-14H2,1-3H3,(H,34,39)(H2,30,32,33)/t17-,19+,21-,24+,27+,44+/m0/s1. The maximum absolute atomic E-state index is 15.9.